The molecule has 1 aromatic carbocycles. The van der Waals surface area contributed by atoms with Crippen LogP contribution in [0.2, 0.25) is 0 Å². The van der Waals surface area contributed by atoms with E-state index in [1.807, 2.05) is 0 Å². The normalized spacial score (nSPS) is 14.7. The van der Waals surface area contributed by atoms with Crippen molar-refractivity contribution in [2.75, 3.05) is 0 Å². The minimum Gasteiger partial charge on any atom is -0.339 e. The van der Waals surface area contributed by atoms with Gasteiger partial charge in [-0.1, -0.05) is 5.16 Å². The fourth-order valence-electron chi connectivity index (χ4n) is 1.74. The van der Waals surface area contributed by atoms with E-state index in [4.69, 9.17) is 4.52 Å². The lowest BCUT2D eigenvalue weighted by Crippen LogP contribution is -2.04. The number of hydrogen-bond acceptors (Lipinski definition) is 4. The van der Waals surface area contributed by atoms with Crippen LogP contribution < -0.4 is 0 Å². The Labute approximate surface area is 103 Å². The maximum Gasteiger partial charge on any atom is 0.234 e. The van der Waals surface area contributed by atoms with Crippen LogP contribution in [0.25, 0.3) is 11.4 Å². The van der Waals surface area contributed by atoms with Gasteiger partial charge in [-0.3, -0.25) is 4.79 Å². The summed E-state index contributed by atoms with van der Waals surface area (Å²) in [7, 11) is 0. The van der Waals surface area contributed by atoms with Crippen molar-refractivity contribution < 1.29 is 13.7 Å². The first kappa shape index (κ1) is 11.1. The number of hydrogen-bond donors (Lipinski definition) is 0. The molecule has 0 N–H and O–H groups in total. The molecule has 1 fully saturated rings. The van der Waals surface area contributed by atoms with Gasteiger partial charge in [-0.2, -0.15) is 4.98 Å². The first-order valence-electron chi connectivity index (χ1n) is 5.83. The lowest BCUT2D eigenvalue weighted by atomic mass is 10.2. The average molecular weight is 246 g/mol. The van der Waals surface area contributed by atoms with Gasteiger partial charge >= 0.3 is 0 Å². The summed E-state index contributed by atoms with van der Waals surface area (Å²) in [6.45, 7) is 0. The molecule has 1 heterocycles. The van der Waals surface area contributed by atoms with Crippen molar-refractivity contribution in [2.24, 2.45) is 5.92 Å². The van der Waals surface area contributed by atoms with Gasteiger partial charge < -0.3 is 4.52 Å². The molecule has 0 bridgehead atoms. The second-order valence-electron chi connectivity index (χ2n) is 4.44. The van der Waals surface area contributed by atoms with Gasteiger partial charge in [0, 0.05) is 11.5 Å². The van der Waals surface area contributed by atoms with E-state index in [0.29, 0.717) is 17.3 Å². The van der Waals surface area contributed by atoms with Crippen LogP contribution in [0.5, 0.6) is 0 Å². The van der Waals surface area contributed by atoms with Gasteiger partial charge in [0.15, 0.2) is 0 Å². The fraction of sp³-hybridized carbons (Fsp3) is 0.308. The van der Waals surface area contributed by atoms with E-state index < -0.39 is 0 Å². The maximum atomic E-state index is 12.8. The molecule has 5 heteroatoms. The molecule has 0 spiro atoms. The Morgan fingerprint density at radius 2 is 2.06 bits per heavy atom. The molecular weight excluding hydrogens is 235 g/mol. The maximum absolute atomic E-state index is 12.8. The number of benzene rings is 1. The van der Waals surface area contributed by atoms with Crippen molar-refractivity contribution in [3.63, 3.8) is 0 Å². The Balaban J connectivity index is 1.76. The van der Waals surface area contributed by atoms with Gasteiger partial charge in [-0.15, -0.1) is 0 Å². The first-order valence-corrected chi connectivity index (χ1v) is 5.83. The minimum absolute atomic E-state index is 0.157. The molecule has 0 saturated heterocycles. The highest BCUT2D eigenvalue weighted by Gasteiger charge is 2.30. The minimum atomic E-state index is -0.314. The fourth-order valence-corrected chi connectivity index (χ4v) is 1.74. The summed E-state index contributed by atoms with van der Waals surface area (Å²) in [5, 5.41) is 3.79. The van der Waals surface area contributed by atoms with Gasteiger partial charge in [0.05, 0.1) is 6.42 Å². The van der Waals surface area contributed by atoms with Crippen LogP contribution in [-0.4, -0.2) is 15.9 Å². The standard InChI is InChI=1S/C13H11FN2O2/c14-10-5-3-9(4-6-10)13-15-12(18-16-13)7-11(17)8-1-2-8/h3-6,8H,1-2,7H2. The number of ketones is 1. The summed E-state index contributed by atoms with van der Waals surface area (Å²) in [4.78, 5) is 15.7. The highest BCUT2D eigenvalue weighted by molar-refractivity contribution is 5.84. The van der Waals surface area contributed by atoms with E-state index in [2.05, 4.69) is 10.1 Å². The van der Waals surface area contributed by atoms with Crippen LogP contribution in [0, 0.1) is 11.7 Å². The van der Waals surface area contributed by atoms with Crippen molar-refractivity contribution in [1.29, 1.82) is 0 Å². The smallest absolute Gasteiger partial charge is 0.234 e. The van der Waals surface area contributed by atoms with E-state index >= 15 is 0 Å². The van der Waals surface area contributed by atoms with Crippen molar-refractivity contribution in [3.05, 3.63) is 36.0 Å². The topological polar surface area (TPSA) is 56.0 Å². The van der Waals surface area contributed by atoms with Crippen LogP contribution in [0.4, 0.5) is 4.39 Å². The largest absolute Gasteiger partial charge is 0.339 e. The Bertz CT molecular complexity index is 573. The SMILES string of the molecule is O=C(Cc1nc(-c2ccc(F)cc2)no1)C1CC1. The molecule has 0 aliphatic heterocycles. The number of carbonyl (C=O) groups excluding carboxylic acids is 1. The molecule has 0 atom stereocenters. The van der Waals surface area contributed by atoms with Gasteiger partial charge in [-0.25, -0.2) is 4.39 Å². The third kappa shape index (κ3) is 2.30. The van der Waals surface area contributed by atoms with E-state index in [9.17, 15) is 9.18 Å². The number of aromatic nitrogens is 2. The molecule has 1 aliphatic rings. The Morgan fingerprint density at radius 1 is 1.33 bits per heavy atom. The quantitative estimate of drug-likeness (QED) is 0.831. The van der Waals surface area contributed by atoms with Gasteiger partial charge in [0.25, 0.3) is 0 Å². The predicted octanol–water partition coefficient (Wildman–Crippen LogP) is 2.40. The molecule has 0 radical (unpaired) electrons. The number of nitrogens with zero attached hydrogens (tertiary/aromatic N) is 2. The Kier molecular flexibility index (Phi) is 2.66. The number of rotatable bonds is 4. The van der Waals surface area contributed by atoms with Crippen LogP contribution in [0.3, 0.4) is 0 Å². The monoisotopic (exact) mass is 246 g/mol. The molecule has 0 unspecified atom stereocenters. The van der Waals surface area contributed by atoms with Crippen LogP contribution in [0.15, 0.2) is 28.8 Å². The summed E-state index contributed by atoms with van der Waals surface area (Å²) in [5.41, 5.74) is 0.672. The number of Topliss-reactive ketones (excluding diaryl/α,β-unsaturated/α-hetero) is 1. The van der Waals surface area contributed by atoms with Crippen LogP contribution in [0.1, 0.15) is 18.7 Å². The predicted molar refractivity (Wildman–Crippen MR) is 61.1 cm³/mol. The lowest BCUT2D eigenvalue weighted by Gasteiger charge is -1.93. The second-order valence-corrected chi connectivity index (χ2v) is 4.44. The lowest BCUT2D eigenvalue weighted by molar-refractivity contribution is -0.119. The summed E-state index contributed by atoms with van der Waals surface area (Å²) in [6, 6.07) is 5.82. The molecule has 1 aliphatic carbocycles. The molecule has 18 heavy (non-hydrogen) atoms. The molecule has 92 valence electrons. The molecular formula is C13H11FN2O2. The van der Waals surface area contributed by atoms with E-state index in [0.717, 1.165) is 12.8 Å². The summed E-state index contributed by atoms with van der Waals surface area (Å²) >= 11 is 0. The highest BCUT2D eigenvalue weighted by Crippen LogP contribution is 2.30. The third-order valence-electron chi connectivity index (χ3n) is 2.93. The summed E-state index contributed by atoms with van der Waals surface area (Å²) in [6.07, 6.45) is 2.13. The zero-order valence-corrected chi connectivity index (χ0v) is 9.60. The Hall–Kier alpha value is -2.04. The zero-order valence-electron chi connectivity index (χ0n) is 9.60. The molecule has 1 aromatic heterocycles. The second kappa shape index (κ2) is 4.33. The number of carbonyl (C=O) groups is 1. The van der Waals surface area contributed by atoms with Crippen LogP contribution >= 0.6 is 0 Å². The molecule has 2 aromatic rings. The highest BCUT2D eigenvalue weighted by atomic mass is 19.1. The number of halogens is 1. The van der Waals surface area contributed by atoms with Gasteiger partial charge in [0.2, 0.25) is 11.7 Å². The van der Waals surface area contributed by atoms with E-state index in [1.54, 1.807) is 12.1 Å². The molecule has 0 amide bonds. The van der Waals surface area contributed by atoms with Crippen LogP contribution in [-0.2, 0) is 11.2 Å². The molecule has 3 rings (SSSR count). The molecule has 1 saturated carbocycles. The van der Waals surface area contributed by atoms with Crippen molar-refractivity contribution in [3.8, 4) is 11.4 Å². The summed E-state index contributed by atoms with van der Waals surface area (Å²) in [5.74, 6) is 0.738. The van der Waals surface area contributed by atoms with Gasteiger partial charge in [0.1, 0.15) is 11.6 Å². The Morgan fingerprint density at radius 3 is 2.72 bits per heavy atom. The van der Waals surface area contributed by atoms with Crippen molar-refractivity contribution >= 4 is 5.78 Å². The first-order chi connectivity index (χ1) is 8.72. The van der Waals surface area contributed by atoms with E-state index in [-0.39, 0.29) is 23.9 Å². The average Bonchev–Trinajstić information content (AvgIpc) is 3.12. The van der Waals surface area contributed by atoms with Gasteiger partial charge in [-0.05, 0) is 37.1 Å². The van der Waals surface area contributed by atoms with Crippen molar-refractivity contribution in [2.45, 2.75) is 19.3 Å². The zero-order chi connectivity index (χ0) is 12.5. The summed E-state index contributed by atoms with van der Waals surface area (Å²) < 4.78 is 17.8. The van der Waals surface area contributed by atoms with Crippen molar-refractivity contribution in [1.82, 2.24) is 10.1 Å². The molecule has 4 nitrogen and oxygen atoms in total. The van der Waals surface area contributed by atoms with E-state index in [1.165, 1.54) is 12.1 Å². The third-order valence-corrected chi connectivity index (χ3v) is 2.93.